The third-order valence-corrected chi connectivity index (χ3v) is 4.10. The lowest BCUT2D eigenvalue weighted by atomic mass is 10.0. The van der Waals surface area contributed by atoms with Crippen LogP contribution in [0, 0.1) is 5.82 Å². The van der Waals surface area contributed by atoms with E-state index in [4.69, 9.17) is 14.3 Å². The highest BCUT2D eigenvalue weighted by molar-refractivity contribution is 5.89. The van der Waals surface area contributed by atoms with E-state index >= 15 is 0 Å². The predicted molar refractivity (Wildman–Crippen MR) is 108 cm³/mol. The van der Waals surface area contributed by atoms with Gasteiger partial charge in [-0.1, -0.05) is 35.5 Å². The first-order valence-electron chi connectivity index (χ1n) is 9.46. The summed E-state index contributed by atoms with van der Waals surface area (Å²) in [7, 11) is 0. The molecule has 0 aromatic heterocycles. The molecule has 0 bridgehead atoms. The number of oxime groups is 1. The number of para-hydroxylation sites is 1. The molecule has 1 aliphatic heterocycles. The molecule has 1 N–H and O–H groups in total. The van der Waals surface area contributed by atoms with Crippen LogP contribution >= 0.6 is 0 Å². The SMILES string of the molecule is CC(C)(C)OC(=O)NCC1=NOC(COc2ccccc2-c2ccc(F)cc2)C1. The molecule has 0 radical (unpaired) electrons. The van der Waals surface area contributed by atoms with Crippen LogP contribution in [0.4, 0.5) is 9.18 Å². The van der Waals surface area contributed by atoms with Gasteiger partial charge in [-0.15, -0.1) is 0 Å². The van der Waals surface area contributed by atoms with Crippen molar-refractivity contribution >= 4 is 11.8 Å². The van der Waals surface area contributed by atoms with Gasteiger partial charge in [-0.25, -0.2) is 9.18 Å². The third kappa shape index (κ3) is 6.20. The molecule has 2 aromatic carbocycles. The summed E-state index contributed by atoms with van der Waals surface area (Å²) >= 11 is 0. The molecular formula is C22H25FN2O4. The number of ether oxygens (including phenoxy) is 2. The molecule has 1 aliphatic rings. The molecule has 1 amide bonds. The molecule has 3 rings (SSSR count). The van der Waals surface area contributed by atoms with E-state index in [1.54, 1.807) is 32.9 Å². The smallest absolute Gasteiger partial charge is 0.407 e. The number of alkyl carbamates (subject to hydrolysis) is 1. The third-order valence-electron chi connectivity index (χ3n) is 4.10. The van der Waals surface area contributed by atoms with Crippen LogP contribution in [-0.4, -0.2) is 36.7 Å². The summed E-state index contributed by atoms with van der Waals surface area (Å²) in [6, 6.07) is 13.8. The highest BCUT2D eigenvalue weighted by Gasteiger charge is 2.23. The molecule has 0 saturated carbocycles. The van der Waals surface area contributed by atoms with Gasteiger partial charge in [-0.05, 0) is 44.5 Å². The maximum absolute atomic E-state index is 13.2. The van der Waals surface area contributed by atoms with Gasteiger partial charge in [0.1, 0.15) is 23.8 Å². The van der Waals surface area contributed by atoms with Crippen LogP contribution in [0.5, 0.6) is 5.75 Å². The number of rotatable bonds is 6. The van der Waals surface area contributed by atoms with E-state index < -0.39 is 11.7 Å². The predicted octanol–water partition coefficient (Wildman–Crippen LogP) is 4.54. The van der Waals surface area contributed by atoms with Crippen molar-refractivity contribution in [3.05, 3.63) is 54.3 Å². The lowest BCUT2D eigenvalue weighted by Crippen LogP contribution is -2.35. The summed E-state index contributed by atoms with van der Waals surface area (Å²) < 4.78 is 24.3. The van der Waals surface area contributed by atoms with Gasteiger partial charge >= 0.3 is 6.09 Å². The first-order valence-corrected chi connectivity index (χ1v) is 9.46. The van der Waals surface area contributed by atoms with Gasteiger partial charge in [0.2, 0.25) is 0 Å². The van der Waals surface area contributed by atoms with Crippen molar-refractivity contribution < 1.29 is 23.5 Å². The molecule has 154 valence electrons. The van der Waals surface area contributed by atoms with Gasteiger partial charge < -0.3 is 19.6 Å². The zero-order valence-electron chi connectivity index (χ0n) is 16.8. The van der Waals surface area contributed by atoms with E-state index in [1.807, 2.05) is 24.3 Å². The van der Waals surface area contributed by atoms with Crippen LogP contribution in [0.15, 0.2) is 53.7 Å². The zero-order chi connectivity index (χ0) is 20.9. The topological polar surface area (TPSA) is 69.2 Å². The fourth-order valence-corrected chi connectivity index (χ4v) is 2.81. The minimum absolute atomic E-state index is 0.244. The van der Waals surface area contributed by atoms with Crippen molar-refractivity contribution in [2.24, 2.45) is 5.16 Å². The Morgan fingerprint density at radius 2 is 1.93 bits per heavy atom. The number of amides is 1. The maximum Gasteiger partial charge on any atom is 0.407 e. The van der Waals surface area contributed by atoms with Gasteiger partial charge in [-0.2, -0.15) is 0 Å². The van der Waals surface area contributed by atoms with E-state index in [1.165, 1.54) is 12.1 Å². The summed E-state index contributed by atoms with van der Waals surface area (Å²) in [5.41, 5.74) is 1.91. The van der Waals surface area contributed by atoms with Crippen LogP contribution in [0.25, 0.3) is 11.1 Å². The molecule has 0 saturated heterocycles. The molecule has 0 spiro atoms. The monoisotopic (exact) mass is 400 g/mol. The lowest BCUT2D eigenvalue weighted by molar-refractivity contribution is 0.0472. The van der Waals surface area contributed by atoms with E-state index in [2.05, 4.69) is 10.5 Å². The molecule has 7 heteroatoms. The van der Waals surface area contributed by atoms with Gasteiger partial charge in [-0.3, -0.25) is 0 Å². The van der Waals surface area contributed by atoms with Gasteiger partial charge in [0.25, 0.3) is 0 Å². The summed E-state index contributed by atoms with van der Waals surface area (Å²) in [4.78, 5) is 17.1. The summed E-state index contributed by atoms with van der Waals surface area (Å²) in [5.74, 6) is 0.402. The van der Waals surface area contributed by atoms with Crippen molar-refractivity contribution in [1.82, 2.24) is 5.32 Å². The molecule has 6 nitrogen and oxygen atoms in total. The van der Waals surface area contributed by atoms with Crippen molar-refractivity contribution in [1.29, 1.82) is 0 Å². The number of carbonyl (C=O) groups is 1. The first-order chi connectivity index (χ1) is 13.8. The number of hydrogen-bond donors (Lipinski definition) is 1. The molecule has 2 aromatic rings. The van der Waals surface area contributed by atoms with Crippen LogP contribution in [0.2, 0.25) is 0 Å². The lowest BCUT2D eigenvalue weighted by Gasteiger charge is -2.19. The van der Waals surface area contributed by atoms with Crippen molar-refractivity contribution in [2.75, 3.05) is 13.2 Å². The maximum atomic E-state index is 13.2. The van der Waals surface area contributed by atoms with Crippen LogP contribution in [0.1, 0.15) is 27.2 Å². The van der Waals surface area contributed by atoms with E-state index in [0.717, 1.165) is 16.8 Å². The Kier molecular flexibility index (Phi) is 6.36. The molecular weight excluding hydrogens is 375 g/mol. The van der Waals surface area contributed by atoms with Gasteiger partial charge in [0, 0.05) is 12.0 Å². The second-order valence-electron chi connectivity index (χ2n) is 7.76. The Hall–Kier alpha value is -3.09. The summed E-state index contributed by atoms with van der Waals surface area (Å²) in [6.07, 6.45) is -0.186. The van der Waals surface area contributed by atoms with Gasteiger partial charge in [0.05, 0.1) is 12.3 Å². The largest absolute Gasteiger partial charge is 0.489 e. The Balaban J connectivity index is 1.50. The normalized spacial score (nSPS) is 16.0. The Morgan fingerprint density at radius 1 is 1.21 bits per heavy atom. The van der Waals surface area contributed by atoms with E-state index in [-0.39, 0.29) is 18.5 Å². The highest BCUT2D eigenvalue weighted by Crippen LogP contribution is 2.30. The molecule has 0 aliphatic carbocycles. The Bertz CT molecular complexity index is 875. The first kappa shape index (κ1) is 20.6. The van der Waals surface area contributed by atoms with Crippen molar-refractivity contribution in [3.8, 4) is 16.9 Å². The molecule has 1 unspecified atom stereocenters. The number of benzene rings is 2. The Labute approximate surface area is 169 Å². The van der Waals surface area contributed by atoms with Crippen LogP contribution in [0.3, 0.4) is 0 Å². The van der Waals surface area contributed by atoms with E-state index in [9.17, 15) is 9.18 Å². The molecule has 1 atom stereocenters. The standard InChI is InChI=1S/C22H25FN2O4/c1-22(2,3)28-21(26)24-13-17-12-18(29-25-17)14-27-20-7-5-4-6-19(20)15-8-10-16(23)11-9-15/h4-11,18H,12-14H2,1-3H3,(H,24,26). The second-order valence-corrected chi connectivity index (χ2v) is 7.76. The zero-order valence-corrected chi connectivity index (χ0v) is 16.8. The van der Waals surface area contributed by atoms with Crippen LogP contribution in [-0.2, 0) is 9.57 Å². The average molecular weight is 400 g/mol. The Morgan fingerprint density at radius 3 is 2.66 bits per heavy atom. The van der Waals surface area contributed by atoms with Gasteiger partial charge in [0.15, 0.2) is 6.10 Å². The van der Waals surface area contributed by atoms with Crippen LogP contribution < -0.4 is 10.1 Å². The number of nitrogens with one attached hydrogen (secondary N) is 1. The minimum Gasteiger partial charge on any atom is -0.489 e. The van der Waals surface area contributed by atoms with E-state index in [0.29, 0.717) is 18.8 Å². The number of hydrogen-bond acceptors (Lipinski definition) is 5. The second kappa shape index (κ2) is 8.94. The number of carbonyl (C=O) groups excluding carboxylic acids is 1. The van der Waals surface area contributed by atoms with Crippen molar-refractivity contribution in [2.45, 2.75) is 38.9 Å². The average Bonchev–Trinajstić information content (AvgIpc) is 3.12. The van der Waals surface area contributed by atoms with Crippen molar-refractivity contribution in [3.63, 3.8) is 0 Å². The molecule has 1 heterocycles. The molecule has 29 heavy (non-hydrogen) atoms. The number of nitrogens with zero attached hydrogens (tertiary/aromatic N) is 1. The summed E-state index contributed by atoms with van der Waals surface area (Å²) in [6.45, 7) is 5.98. The fraction of sp³-hybridized carbons (Fsp3) is 0.364. The minimum atomic E-state index is -0.549. The number of halogens is 1. The molecule has 0 fully saturated rings. The quantitative estimate of drug-likeness (QED) is 0.773. The fourth-order valence-electron chi connectivity index (χ4n) is 2.81. The summed E-state index contributed by atoms with van der Waals surface area (Å²) in [5, 5.41) is 6.68. The highest BCUT2D eigenvalue weighted by atomic mass is 19.1.